The molecule has 3 N–H and O–H groups in total. The smallest absolute Gasteiger partial charge is 0.220 e. The van der Waals surface area contributed by atoms with Crippen LogP contribution in [0.4, 0.5) is 0 Å². The maximum Gasteiger partial charge on any atom is 0.220 e. The van der Waals surface area contributed by atoms with Gasteiger partial charge in [0.25, 0.3) is 0 Å². The average Bonchev–Trinajstić information content (AvgIpc) is 3.16. The van der Waals surface area contributed by atoms with Crippen LogP contribution < -0.4 is 5.32 Å². The van der Waals surface area contributed by atoms with Gasteiger partial charge in [0, 0.05) is 6.42 Å². The van der Waals surface area contributed by atoms with Gasteiger partial charge in [0.15, 0.2) is 0 Å². The van der Waals surface area contributed by atoms with E-state index in [1.165, 1.54) is 180 Å². The third-order valence-corrected chi connectivity index (χ3v) is 10.5. The maximum atomic E-state index is 12.4. The molecule has 0 saturated carbocycles. The predicted molar refractivity (Wildman–Crippen MR) is 235 cm³/mol. The Morgan fingerprint density at radius 2 is 0.736 bits per heavy atom. The molecule has 1 amide bonds. The van der Waals surface area contributed by atoms with Crippen molar-refractivity contribution in [2.45, 2.75) is 251 Å². The number of nitrogens with one attached hydrogen (secondary N) is 1. The van der Waals surface area contributed by atoms with E-state index >= 15 is 0 Å². The Labute approximate surface area is 331 Å². The number of aliphatic hydroxyl groups is 2. The van der Waals surface area contributed by atoms with Crippen molar-refractivity contribution in [1.82, 2.24) is 5.32 Å². The van der Waals surface area contributed by atoms with Crippen LogP contribution in [0.15, 0.2) is 48.6 Å². The normalized spacial score (nSPS) is 13.4. The highest BCUT2D eigenvalue weighted by molar-refractivity contribution is 5.76. The van der Waals surface area contributed by atoms with Gasteiger partial charge in [-0.25, -0.2) is 0 Å². The predicted octanol–water partition coefficient (Wildman–Crippen LogP) is 14.7. The van der Waals surface area contributed by atoms with E-state index in [4.69, 9.17) is 0 Å². The molecule has 310 valence electrons. The molecule has 0 heterocycles. The van der Waals surface area contributed by atoms with Crippen LogP contribution in [0.1, 0.15) is 239 Å². The minimum atomic E-state index is -0.871. The lowest BCUT2D eigenvalue weighted by Gasteiger charge is -2.19. The van der Waals surface area contributed by atoms with Crippen LogP contribution in [0, 0.1) is 0 Å². The molecule has 0 aromatic rings. The lowest BCUT2D eigenvalue weighted by atomic mass is 10.0. The fourth-order valence-electron chi connectivity index (χ4n) is 6.91. The van der Waals surface area contributed by atoms with Gasteiger partial charge < -0.3 is 15.5 Å². The number of unbranched alkanes of at least 4 members (excludes halogenated alkanes) is 29. The number of carbonyl (C=O) groups is 1. The molecule has 0 fully saturated rings. The molecule has 0 aromatic carbocycles. The van der Waals surface area contributed by atoms with Gasteiger partial charge in [-0.2, -0.15) is 0 Å². The SMILES string of the molecule is CCCCCCCCCC/C=C\CCCCCCCCCCCC(=O)NC(CO)C(O)/C=C/CC/C=C/CC/C=C/CCCCCCCCCCCC. The summed E-state index contributed by atoms with van der Waals surface area (Å²) >= 11 is 0. The zero-order valence-electron chi connectivity index (χ0n) is 35.5. The highest BCUT2D eigenvalue weighted by atomic mass is 16.3. The molecule has 0 aliphatic heterocycles. The van der Waals surface area contributed by atoms with E-state index in [0.717, 1.165) is 38.5 Å². The largest absolute Gasteiger partial charge is 0.394 e. The summed E-state index contributed by atoms with van der Waals surface area (Å²) in [5.74, 6) is -0.0798. The quantitative estimate of drug-likeness (QED) is 0.0431. The van der Waals surface area contributed by atoms with Crippen LogP contribution in [-0.4, -0.2) is 34.9 Å². The van der Waals surface area contributed by atoms with Crippen LogP contribution in [0.2, 0.25) is 0 Å². The Hall–Kier alpha value is -1.65. The van der Waals surface area contributed by atoms with Crippen LogP contribution in [-0.2, 0) is 4.79 Å². The lowest BCUT2D eigenvalue weighted by Crippen LogP contribution is -2.45. The second kappa shape index (κ2) is 44.7. The first-order valence-corrected chi connectivity index (χ1v) is 23.4. The molecule has 2 atom stereocenters. The summed E-state index contributed by atoms with van der Waals surface area (Å²) in [7, 11) is 0. The van der Waals surface area contributed by atoms with Gasteiger partial charge in [0.1, 0.15) is 0 Å². The molecule has 0 aliphatic carbocycles. The molecule has 0 aliphatic rings. The second-order valence-corrected chi connectivity index (χ2v) is 15.8. The fraction of sp³-hybridized carbons (Fsp3) is 0.816. The van der Waals surface area contributed by atoms with Crippen molar-refractivity contribution >= 4 is 5.91 Å². The van der Waals surface area contributed by atoms with Gasteiger partial charge >= 0.3 is 0 Å². The first-order valence-electron chi connectivity index (χ1n) is 23.4. The molecule has 0 spiro atoms. The van der Waals surface area contributed by atoms with Crippen LogP contribution in [0.3, 0.4) is 0 Å². The van der Waals surface area contributed by atoms with Crippen molar-refractivity contribution in [2.24, 2.45) is 0 Å². The molecule has 4 nitrogen and oxygen atoms in total. The third-order valence-electron chi connectivity index (χ3n) is 10.5. The van der Waals surface area contributed by atoms with Crippen molar-refractivity contribution in [3.63, 3.8) is 0 Å². The molecular weight excluding hydrogens is 651 g/mol. The van der Waals surface area contributed by atoms with Crippen molar-refractivity contribution in [3.8, 4) is 0 Å². The zero-order chi connectivity index (χ0) is 38.6. The minimum absolute atomic E-state index is 0.0798. The molecule has 4 heteroatoms. The summed E-state index contributed by atoms with van der Waals surface area (Å²) in [6.45, 7) is 4.30. The molecule has 0 aromatic heterocycles. The zero-order valence-corrected chi connectivity index (χ0v) is 35.5. The van der Waals surface area contributed by atoms with E-state index in [1.807, 2.05) is 6.08 Å². The Morgan fingerprint density at radius 3 is 1.09 bits per heavy atom. The van der Waals surface area contributed by atoms with Crippen LogP contribution >= 0.6 is 0 Å². The third kappa shape index (κ3) is 41.4. The summed E-state index contributed by atoms with van der Waals surface area (Å²) in [6.07, 6.45) is 60.8. The molecular formula is C49H91NO3. The van der Waals surface area contributed by atoms with Gasteiger partial charge in [-0.05, 0) is 70.6 Å². The number of carbonyl (C=O) groups excluding carboxylic acids is 1. The van der Waals surface area contributed by atoms with Crippen molar-refractivity contribution in [1.29, 1.82) is 0 Å². The standard InChI is InChI=1S/C49H91NO3/c1-3-5-7-9-11-13-15-17-19-21-23-25-27-29-31-33-35-37-39-41-43-45-49(53)50-47(46-51)48(52)44-42-40-38-36-34-32-30-28-26-24-22-20-18-16-14-12-10-8-6-4-2/h21,23,26,28,34,36,42,44,47-48,51-52H,3-20,22,24-25,27,29-33,35,37-41,43,45-46H2,1-2H3,(H,50,53)/b23-21-,28-26+,36-34+,44-42+. The van der Waals surface area contributed by atoms with Gasteiger partial charge in [0.2, 0.25) is 5.91 Å². The number of allylic oxidation sites excluding steroid dienone is 7. The van der Waals surface area contributed by atoms with Gasteiger partial charge in [-0.3, -0.25) is 4.79 Å². The highest BCUT2D eigenvalue weighted by Gasteiger charge is 2.17. The Morgan fingerprint density at radius 1 is 0.434 bits per heavy atom. The second-order valence-electron chi connectivity index (χ2n) is 15.8. The fourth-order valence-corrected chi connectivity index (χ4v) is 6.91. The Bertz CT molecular complexity index is 847. The molecule has 53 heavy (non-hydrogen) atoms. The van der Waals surface area contributed by atoms with Crippen LogP contribution in [0.25, 0.3) is 0 Å². The maximum absolute atomic E-state index is 12.4. The van der Waals surface area contributed by atoms with E-state index in [2.05, 4.69) is 55.6 Å². The monoisotopic (exact) mass is 742 g/mol. The van der Waals surface area contributed by atoms with Gasteiger partial charge in [-0.1, -0.05) is 210 Å². The summed E-state index contributed by atoms with van der Waals surface area (Å²) in [5, 5.41) is 23.0. The number of hydrogen-bond donors (Lipinski definition) is 3. The number of hydrogen-bond acceptors (Lipinski definition) is 3. The van der Waals surface area contributed by atoms with E-state index in [0.29, 0.717) is 6.42 Å². The number of aliphatic hydroxyl groups excluding tert-OH is 2. The first-order chi connectivity index (χ1) is 26.2. The topological polar surface area (TPSA) is 69.6 Å². The van der Waals surface area contributed by atoms with E-state index in [9.17, 15) is 15.0 Å². The molecule has 0 rings (SSSR count). The highest BCUT2D eigenvalue weighted by Crippen LogP contribution is 2.14. The first kappa shape index (κ1) is 51.4. The van der Waals surface area contributed by atoms with Crippen LogP contribution in [0.5, 0.6) is 0 Å². The molecule has 0 radical (unpaired) electrons. The van der Waals surface area contributed by atoms with Gasteiger partial charge in [-0.15, -0.1) is 0 Å². The minimum Gasteiger partial charge on any atom is -0.394 e. The number of rotatable bonds is 42. The van der Waals surface area contributed by atoms with Crippen molar-refractivity contribution in [2.75, 3.05) is 6.61 Å². The van der Waals surface area contributed by atoms with Gasteiger partial charge in [0.05, 0.1) is 18.8 Å². The molecule has 2 unspecified atom stereocenters. The van der Waals surface area contributed by atoms with E-state index in [-0.39, 0.29) is 12.5 Å². The molecule has 0 saturated heterocycles. The average molecular weight is 742 g/mol. The lowest BCUT2D eigenvalue weighted by molar-refractivity contribution is -0.123. The Kier molecular flexibility index (Phi) is 43.4. The summed E-state index contributed by atoms with van der Waals surface area (Å²) in [6, 6.07) is -0.646. The number of amides is 1. The van der Waals surface area contributed by atoms with Crippen molar-refractivity contribution < 1.29 is 15.0 Å². The Balaban J connectivity index is 3.62. The molecule has 0 bridgehead atoms. The van der Waals surface area contributed by atoms with E-state index < -0.39 is 12.1 Å². The summed E-state index contributed by atoms with van der Waals surface area (Å²) in [5.41, 5.74) is 0. The van der Waals surface area contributed by atoms with Crippen molar-refractivity contribution in [3.05, 3.63) is 48.6 Å². The van der Waals surface area contributed by atoms with E-state index in [1.54, 1.807) is 6.08 Å². The summed E-state index contributed by atoms with van der Waals surface area (Å²) < 4.78 is 0. The summed E-state index contributed by atoms with van der Waals surface area (Å²) in [4.78, 5) is 12.4.